The van der Waals surface area contributed by atoms with Crippen LogP contribution < -0.4 is 5.32 Å². The Morgan fingerprint density at radius 2 is 1.85 bits per heavy atom. The average Bonchev–Trinajstić information content (AvgIpc) is 2.94. The third kappa shape index (κ3) is 6.57. The van der Waals surface area contributed by atoms with Gasteiger partial charge in [-0.3, -0.25) is 9.59 Å². The summed E-state index contributed by atoms with van der Waals surface area (Å²) in [5.41, 5.74) is 1.67. The molecule has 2 fully saturated rings. The molecule has 0 spiro atoms. The summed E-state index contributed by atoms with van der Waals surface area (Å²) in [4.78, 5) is 43.9. The zero-order chi connectivity index (χ0) is 27.9. The molecule has 2 aromatic carbocycles. The van der Waals surface area contributed by atoms with Crippen LogP contribution in [0.5, 0.6) is 0 Å². The van der Waals surface area contributed by atoms with E-state index in [1.807, 2.05) is 51.1 Å². The van der Waals surface area contributed by atoms with Gasteiger partial charge < -0.3 is 19.9 Å². The van der Waals surface area contributed by atoms with E-state index in [0.29, 0.717) is 31.6 Å². The molecule has 3 atom stereocenters. The van der Waals surface area contributed by atoms with Crippen LogP contribution in [0, 0.1) is 11.7 Å². The molecule has 2 saturated heterocycles. The van der Waals surface area contributed by atoms with Crippen LogP contribution in [0.15, 0.2) is 54.6 Å². The molecule has 2 aliphatic rings. The largest absolute Gasteiger partial charge is 0.375 e. The number of hydrogen-bond acceptors (Lipinski definition) is 5. The van der Waals surface area contributed by atoms with Crippen LogP contribution >= 0.6 is 0 Å². The van der Waals surface area contributed by atoms with Crippen LogP contribution in [-0.2, 0) is 27.5 Å². The summed E-state index contributed by atoms with van der Waals surface area (Å²) >= 11 is 0. The Balaban J connectivity index is 1.52. The lowest BCUT2D eigenvalue weighted by Gasteiger charge is -2.56. The summed E-state index contributed by atoms with van der Waals surface area (Å²) in [6.07, 6.45) is 0.0658. The van der Waals surface area contributed by atoms with Crippen LogP contribution in [0.25, 0.3) is 0 Å². The number of ether oxygens (including phenoxy) is 1. The molecular weight excluding hydrogens is 501 g/mol. The second-order valence-corrected chi connectivity index (χ2v) is 10.0. The Morgan fingerprint density at radius 1 is 1.10 bits per heavy atom. The maximum atomic E-state index is 13.7. The van der Waals surface area contributed by atoms with Gasteiger partial charge in [0.1, 0.15) is 18.0 Å². The van der Waals surface area contributed by atoms with Gasteiger partial charge in [0.15, 0.2) is 0 Å². The molecule has 2 heterocycles. The normalized spacial score (nSPS) is 20.7. The van der Waals surface area contributed by atoms with E-state index < -0.39 is 12.2 Å². The molecule has 4 rings (SSSR count). The highest BCUT2D eigenvalue weighted by Crippen LogP contribution is 2.30. The van der Waals surface area contributed by atoms with E-state index in [4.69, 9.17) is 4.74 Å². The monoisotopic (exact) mass is 539 g/mol. The molecule has 2 aliphatic heterocycles. The number of amides is 4. The van der Waals surface area contributed by atoms with E-state index >= 15 is 0 Å². The topological polar surface area (TPSA) is 85.4 Å². The summed E-state index contributed by atoms with van der Waals surface area (Å²) in [7, 11) is 0. The zero-order valence-corrected chi connectivity index (χ0v) is 22.9. The number of likely N-dealkylation sites (N-methyl/N-ethyl adjacent to an activating group) is 1. The summed E-state index contributed by atoms with van der Waals surface area (Å²) in [5.74, 6) is -0.721. The number of carbonyl (C=O) groups is 3. The van der Waals surface area contributed by atoms with Gasteiger partial charge in [-0.25, -0.2) is 19.2 Å². The first-order valence-corrected chi connectivity index (χ1v) is 13.6. The molecule has 0 bridgehead atoms. The van der Waals surface area contributed by atoms with Crippen molar-refractivity contribution in [3.05, 3.63) is 71.5 Å². The molecule has 1 N–H and O–H groups in total. The molecule has 0 aromatic heterocycles. The number of benzene rings is 2. The molecule has 210 valence electrons. The molecule has 39 heavy (non-hydrogen) atoms. The summed E-state index contributed by atoms with van der Waals surface area (Å²) in [6.45, 7) is 7.64. The maximum Gasteiger partial charge on any atom is 0.334 e. The fraction of sp³-hybridized carbons (Fsp3) is 0.483. The van der Waals surface area contributed by atoms with Gasteiger partial charge in [-0.1, -0.05) is 69.7 Å². The molecule has 0 aliphatic carbocycles. The average molecular weight is 540 g/mol. The van der Waals surface area contributed by atoms with Crippen molar-refractivity contribution < 1.29 is 23.5 Å². The third-order valence-corrected chi connectivity index (χ3v) is 7.47. The molecule has 0 saturated carbocycles. The van der Waals surface area contributed by atoms with Crippen molar-refractivity contribution in [1.82, 2.24) is 25.1 Å². The number of urea groups is 1. The second-order valence-electron chi connectivity index (χ2n) is 10.0. The number of nitrogens with one attached hydrogen (secondary N) is 1. The van der Waals surface area contributed by atoms with E-state index in [-0.39, 0.29) is 55.9 Å². The molecular formula is C29H38FN5O4. The maximum absolute atomic E-state index is 13.7. The lowest BCUT2D eigenvalue weighted by Crippen LogP contribution is -2.77. The van der Waals surface area contributed by atoms with Gasteiger partial charge in [0, 0.05) is 19.6 Å². The lowest BCUT2D eigenvalue weighted by molar-refractivity contribution is -0.193. The van der Waals surface area contributed by atoms with Crippen LogP contribution in [0.4, 0.5) is 9.18 Å². The number of hydrogen-bond donors (Lipinski definition) is 1. The minimum absolute atomic E-state index is 0.0305. The second kappa shape index (κ2) is 13.0. The Bertz CT molecular complexity index is 1150. The molecule has 4 amide bonds. The predicted molar refractivity (Wildman–Crippen MR) is 144 cm³/mol. The van der Waals surface area contributed by atoms with Gasteiger partial charge in [-0.05, 0) is 29.2 Å². The highest BCUT2D eigenvalue weighted by Gasteiger charge is 2.52. The summed E-state index contributed by atoms with van der Waals surface area (Å²) in [6, 6.07) is 14.8. The van der Waals surface area contributed by atoms with Crippen molar-refractivity contribution >= 4 is 17.8 Å². The number of nitrogens with zero attached hydrogens (tertiary/aromatic N) is 4. The van der Waals surface area contributed by atoms with Crippen LogP contribution in [0.3, 0.4) is 0 Å². The van der Waals surface area contributed by atoms with Crippen molar-refractivity contribution in [2.24, 2.45) is 5.92 Å². The molecule has 9 nitrogen and oxygen atoms in total. The predicted octanol–water partition coefficient (Wildman–Crippen LogP) is 3.22. The van der Waals surface area contributed by atoms with Gasteiger partial charge >= 0.3 is 6.03 Å². The van der Waals surface area contributed by atoms with Crippen LogP contribution in [0.1, 0.15) is 38.3 Å². The minimum atomic E-state index is -0.673. The Hall–Kier alpha value is -3.50. The van der Waals surface area contributed by atoms with Gasteiger partial charge in [-0.2, -0.15) is 0 Å². The summed E-state index contributed by atoms with van der Waals surface area (Å²) in [5, 5.41) is 6.33. The fourth-order valence-electron chi connectivity index (χ4n) is 5.20. The standard InChI is InChI=1S/C29H38FN5O4/c1-4-21(3)27-28(37)32(14-15-39-20-23-12-9-13-24(30)16-23)18-25-34(27)26(36)19-33(5-2)35(25)29(38)31-17-22-10-7-6-8-11-22/h6-13,16,21,25,27H,4-5,14-15,17-20H2,1-3H3,(H,31,38)/t21?,25-,27-/m0/s1. The van der Waals surface area contributed by atoms with E-state index in [2.05, 4.69) is 5.32 Å². The number of carbonyl (C=O) groups excluding carboxylic acids is 3. The molecule has 10 heteroatoms. The summed E-state index contributed by atoms with van der Waals surface area (Å²) < 4.78 is 19.3. The first-order valence-electron chi connectivity index (χ1n) is 13.6. The molecule has 2 aromatic rings. The van der Waals surface area contributed by atoms with Gasteiger partial charge in [-0.15, -0.1) is 0 Å². The minimum Gasteiger partial charge on any atom is -0.375 e. The Labute approximate surface area is 229 Å². The van der Waals surface area contributed by atoms with Crippen LogP contribution in [0.2, 0.25) is 0 Å². The highest BCUT2D eigenvalue weighted by atomic mass is 19.1. The first kappa shape index (κ1) is 28.5. The highest BCUT2D eigenvalue weighted by molar-refractivity contribution is 5.91. The van der Waals surface area contributed by atoms with E-state index in [1.54, 1.807) is 32.0 Å². The van der Waals surface area contributed by atoms with Gasteiger partial charge in [0.25, 0.3) is 0 Å². The van der Waals surface area contributed by atoms with Crippen LogP contribution in [-0.4, -0.2) is 82.7 Å². The Kier molecular flexibility index (Phi) is 9.53. The molecule has 1 unspecified atom stereocenters. The van der Waals surface area contributed by atoms with Crippen molar-refractivity contribution in [2.45, 2.75) is 52.6 Å². The third-order valence-electron chi connectivity index (χ3n) is 7.47. The number of fused-ring (bicyclic) bond motifs is 1. The fourth-order valence-corrected chi connectivity index (χ4v) is 5.20. The van der Waals surface area contributed by atoms with E-state index in [9.17, 15) is 18.8 Å². The van der Waals surface area contributed by atoms with Gasteiger partial charge in [0.2, 0.25) is 11.8 Å². The van der Waals surface area contributed by atoms with E-state index in [1.165, 1.54) is 12.1 Å². The number of hydrazine groups is 1. The number of halogens is 1. The lowest BCUT2D eigenvalue weighted by atomic mass is 9.92. The van der Waals surface area contributed by atoms with Crippen molar-refractivity contribution in [3.8, 4) is 0 Å². The van der Waals surface area contributed by atoms with E-state index in [0.717, 1.165) is 5.56 Å². The quantitative estimate of drug-likeness (QED) is 0.469. The Morgan fingerprint density at radius 3 is 2.54 bits per heavy atom. The van der Waals surface area contributed by atoms with Crippen molar-refractivity contribution in [1.29, 1.82) is 0 Å². The SMILES string of the molecule is CCC(C)[C@H]1C(=O)N(CCOCc2cccc(F)c2)C[C@H]2N1C(=O)CN(CC)N2C(=O)NCc1ccccc1. The van der Waals surface area contributed by atoms with Gasteiger partial charge in [0.05, 0.1) is 26.3 Å². The molecule has 0 radical (unpaired) electrons. The number of piperazine rings is 1. The number of rotatable bonds is 10. The first-order chi connectivity index (χ1) is 18.8. The zero-order valence-electron chi connectivity index (χ0n) is 22.9. The van der Waals surface area contributed by atoms with Crippen molar-refractivity contribution in [2.75, 3.05) is 32.8 Å². The smallest absolute Gasteiger partial charge is 0.334 e. The van der Waals surface area contributed by atoms with Crippen molar-refractivity contribution in [3.63, 3.8) is 0 Å².